The monoisotopic (exact) mass is 356 g/mol. The summed E-state index contributed by atoms with van der Waals surface area (Å²) in [7, 11) is -1.28. The first-order chi connectivity index (χ1) is 10.9. The fourth-order valence-electron chi connectivity index (χ4n) is 2.68. The number of nitrogens with one attached hydrogen (secondary N) is 1. The molecule has 128 valence electrons. The Morgan fingerprint density at radius 2 is 2.09 bits per heavy atom. The lowest BCUT2D eigenvalue weighted by Crippen LogP contribution is -2.44. The van der Waals surface area contributed by atoms with E-state index in [1.807, 2.05) is 36.1 Å². The molecule has 1 aliphatic heterocycles. The molecule has 0 amide bonds. The standard InChI is InChI=1S/C16H24N2O3S2/c1-13-4-6-14(7-5-13)17-16(22)18(9-3-10-21-2)15-8-11-23(19,20)12-15/h4-7,15H,3,8-12H2,1-2H3,(H,17,22)/t15-/m0/s1. The SMILES string of the molecule is COCCCN(C(=S)Nc1ccc(C)cc1)[C@H]1CCS(=O)(=O)C1. The van der Waals surface area contributed by atoms with Crippen molar-refractivity contribution in [3.63, 3.8) is 0 Å². The van der Waals surface area contributed by atoms with Crippen molar-refractivity contribution in [2.24, 2.45) is 0 Å². The summed E-state index contributed by atoms with van der Waals surface area (Å²) in [5.41, 5.74) is 2.10. The number of hydrogen-bond acceptors (Lipinski definition) is 4. The number of anilines is 1. The minimum absolute atomic E-state index is 0.0534. The number of nitrogens with zero attached hydrogens (tertiary/aromatic N) is 1. The van der Waals surface area contributed by atoms with Gasteiger partial charge in [0.1, 0.15) is 0 Å². The van der Waals surface area contributed by atoms with Gasteiger partial charge in [0.15, 0.2) is 14.9 Å². The van der Waals surface area contributed by atoms with Crippen LogP contribution in [0, 0.1) is 6.92 Å². The Morgan fingerprint density at radius 1 is 1.39 bits per heavy atom. The zero-order valence-electron chi connectivity index (χ0n) is 13.6. The molecule has 0 bridgehead atoms. The lowest BCUT2D eigenvalue weighted by atomic mass is 10.2. The summed E-state index contributed by atoms with van der Waals surface area (Å²) >= 11 is 5.53. The summed E-state index contributed by atoms with van der Waals surface area (Å²) < 4.78 is 28.7. The van der Waals surface area contributed by atoms with Gasteiger partial charge >= 0.3 is 0 Å². The van der Waals surface area contributed by atoms with Crippen LogP contribution in [-0.4, -0.2) is 56.2 Å². The molecule has 0 spiro atoms. The van der Waals surface area contributed by atoms with E-state index in [-0.39, 0.29) is 17.5 Å². The molecule has 2 rings (SSSR count). The number of benzene rings is 1. The van der Waals surface area contributed by atoms with Crippen LogP contribution in [0.25, 0.3) is 0 Å². The molecule has 1 aliphatic rings. The Morgan fingerprint density at radius 3 is 2.65 bits per heavy atom. The first-order valence-corrected chi connectivity index (χ1v) is 9.98. The first kappa shape index (κ1) is 18.2. The molecule has 1 aromatic carbocycles. The molecule has 0 aliphatic carbocycles. The molecule has 1 atom stereocenters. The van der Waals surface area contributed by atoms with Crippen molar-refractivity contribution in [2.45, 2.75) is 25.8 Å². The molecule has 5 nitrogen and oxygen atoms in total. The summed E-state index contributed by atoms with van der Waals surface area (Å²) in [5, 5.41) is 3.80. The Kier molecular flexibility index (Phi) is 6.38. The minimum Gasteiger partial charge on any atom is -0.385 e. The Hall–Kier alpha value is -1.18. The van der Waals surface area contributed by atoms with Crippen LogP contribution in [0.2, 0.25) is 0 Å². The molecule has 1 aromatic rings. The summed E-state index contributed by atoms with van der Waals surface area (Å²) in [6, 6.07) is 7.92. The molecule has 1 heterocycles. The van der Waals surface area contributed by atoms with E-state index >= 15 is 0 Å². The van der Waals surface area contributed by atoms with Crippen molar-refractivity contribution >= 4 is 32.9 Å². The van der Waals surface area contributed by atoms with E-state index in [0.717, 1.165) is 12.1 Å². The summed E-state index contributed by atoms with van der Waals surface area (Å²) in [5.74, 6) is 0.418. The molecule has 1 fully saturated rings. The van der Waals surface area contributed by atoms with Crippen LogP contribution in [-0.2, 0) is 14.6 Å². The number of hydrogen-bond donors (Lipinski definition) is 1. The van der Waals surface area contributed by atoms with Gasteiger partial charge in [-0.1, -0.05) is 17.7 Å². The number of methoxy groups -OCH3 is 1. The summed E-state index contributed by atoms with van der Waals surface area (Å²) in [6.07, 6.45) is 1.44. The molecule has 0 saturated carbocycles. The zero-order chi connectivity index (χ0) is 16.9. The van der Waals surface area contributed by atoms with Crippen molar-refractivity contribution in [1.29, 1.82) is 0 Å². The second kappa shape index (κ2) is 8.08. The average molecular weight is 357 g/mol. The third-order valence-corrected chi connectivity index (χ3v) is 6.05. The van der Waals surface area contributed by atoms with Gasteiger partial charge in [-0.25, -0.2) is 8.42 Å². The second-order valence-corrected chi connectivity index (χ2v) is 8.51. The van der Waals surface area contributed by atoms with Gasteiger partial charge in [-0.3, -0.25) is 0 Å². The lowest BCUT2D eigenvalue weighted by molar-refractivity contribution is 0.181. The van der Waals surface area contributed by atoms with Crippen molar-refractivity contribution < 1.29 is 13.2 Å². The van der Waals surface area contributed by atoms with Gasteiger partial charge in [-0.15, -0.1) is 0 Å². The highest BCUT2D eigenvalue weighted by Crippen LogP contribution is 2.20. The van der Waals surface area contributed by atoms with E-state index in [2.05, 4.69) is 5.32 Å². The molecule has 1 saturated heterocycles. The van der Waals surface area contributed by atoms with Crippen molar-refractivity contribution in [3.8, 4) is 0 Å². The summed E-state index contributed by atoms with van der Waals surface area (Å²) in [6.45, 7) is 3.34. The van der Waals surface area contributed by atoms with Gasteiger partial charge in [0.25, 0.3) is 0 Å². The molecule has 1 N–H and O–H groups in total. The molecule has 0 radical (unpaired) electrons. The summed E-state index contributed by atoms with van der Waals surface area (Å²) in [4.78, 5) is 2.00. The van der Waals surface area contributed by atoms with Crippen LogP contribution in [0.3, 0.4) is 0 Å². The quantitative estimate of drug-likeness (QED) is 0.623. The smallest absolute Gasteiger partial charge is 0.173 e. The molecule has 0 unspecified atom stereocenters. The van der Waals surface area contributed by atoms with E-state index in [4.69, 9.17) is 17.0 Å². The number of aryl methyl sites for hydroxylation is 1. The van der Waals surface area contributed by atoms with Gasteiger partial charge < -0.3 is 15.0 Å². The first-order valence-electron chi connectivity index (χ1n) is 7.75. The van der Waals surface area contributed by atoms with Crippen molar-refractivity contribution in [2.75, 3.05) is 37.1 Å². The van der Waals surface area contributed by atoms with Gasteiger partial charge in [-0.05, 0) is 44.1 Å². The normalized spacial score (nSPS) is 19.5. The fraction of sp³-hybridized carbons (Fsp3) is 0.562. The number of thiocarbonyl (C=S) groups is 1. The van der Waals surface area contributed by atoms with Gasteiger partial charge in [0.2, 0.25) is 0 Å². The second-order valence-electron chi connectivity index (χ2n) is 5.89. The molecular formula is C16H24N2O3S2. The van der Waals surface area contributed by atoms with Gasteiger partial charge in [0.05, 0.1) is 11.5 Å². The third kappa shape index (κ3) is 5.44. The third-order valence-electron chi connectivity index (χ3n) is 3.96. The average Bonchev–Trinajstić information content (AvgIpc) is 2.86. The topological polar surface area (TPSA) is 58.6 Å². The number of rotatable bonds is 6. The Labute approximate surface area is 143 Å². The fourth-order valence-corrected chi connectivity index (χ4v) is 4.77. The predicted octanol–water partition coefficient (Wildman–Crippen LogP) is 2.22. The van der Waals surface area contributed by atoms with Crippen LogP contribution in [0.1, 0.15) is 18.4 Å². The molecule has 0 aromatic heterocycles. The van der Waals surface area contributed by atoms with Crippen molar-refractivity contribution in [1.82, 2.24) is 4.90 Å². The largest absolute Gasteiger partial charge is 0.385 e. The number of sulfone groups is 1. The Bertz CT molecular complexity index is 629. The van der Waals surface area contributed by atoms with Crippen LogP contribution >= 0.6 is 12.2 Å². The van der Waals surface area contributed by atoms with Crippen LogP contribution in [0.15, 0.2) is 24.3 Å². The van der Waals surface area contributed by atoms with Gasteiger partial charge in [-0.2, -0.15) is 0 Å². The van der Waals surface area contributed by atoms with Crippen LogP contribution in [0.4, 0.5) is 5.69 Å². The van der Waals surface area contributed by atoms with E-state index in [9.17, 15) is 8.42 Å². The predicted molar refractivity (Wildman–Crippen MR) is 97.7 cm³/mol. The Balaban J connectivity index is 2.05. The lowest BCUT2D eigenvalue weighted by Gasteiger charge is -2.31. The highest BCUT2D eigenvalue weighted by atomic mass is 32.2. The number of ether oxygens (including phenoxy) is 1. The maximum Gasteiger partial charge on any atom is 0.173 e. The van der Waals surface area contributed by atoms with Gasteiger partial charge in [0, 0.05) is 32.0 Å². The van der Waals surface area contributed by atoms with E-state index in [1.54, 1.807) is 7.11 Å². The maximum atomic E-state index is 11.8. The van der Waals surface area contributed by atoms with Crippen molar-refractivity contribution in [3.05, 3.63) is 29.8 Å². The van der Waals surface area contributed by atoms with E-state index in [1.165, 1.54) is 5.56 Å². The minimum atomic E-state index is -2.94. The van der Waals surface area contributed by atoms with E-state index in [0.29, 0.717) is 24.7 Å². The van der Waals surface area contributed by atoms with Crippen LogP contribution in [0.5, 0.6) is 0 Å². The van der Waals surface area contributed by atoms with E-state index < -0.39 is 9.84 Å². The molecular weight excluding hydrogens is 332 g/mol. The molecule has 7 heteroatoms. The molecule has 23 heavy (non-hydrogen) atoms. The zero-order valence-corrected chi connectivity index (χ0v) is 15.3. The maximum absolute atomic E-state index is 11.8. The highest BCUT2D eigenvalue weighted by Gasteiger charge is 2.33. The highest BCUT2D eigenvalue weighted by molar-refractivity contribution is 7.91. The van der Waals surface area contributed by atoms with Crippen LogP contribution < -0.4 is 5.32 Å².